The van der Waals surface area contributed by atoms with Crippen LogP contribution in [0.25, 0.3) is 0 Å². The van der Waals surface area contributed by atoms with Crippen LogP contribution in [0.15, 0.2) is 30.3 Å². The summed E-state index contributed by atoms with van der Waals surface area (Å²) in [6.07, 6.45) is 2.93. The summed E-state index contributed by atoms with van der Waals surface area (Å²) in [6.45, 7) is 6.17. The molecule has 1 heterocycles. The van der Waals surface area contributed by atoms with Gasteiger partial charge >= 0.3 is 6.09 Å². The molecule has 1 atom stereocenters. The van der Waals surface area contributed by atoms with Gasteiger partial charge in [-0.05, 0) is 49.4 Å². The maximum atomic E-state index is 11.9. The van der Waals surface area contributed by atoms with E-state index in [9.17, 15) is 4.79 Å². The molecule has 0 aliphatic heterocycles. The number of hydrogen-bond acceptors (Lipinski definition) is 6. The quantitative estimate of drug-likeness (QED) is 0.762. The van der Waals surface area contributed by atoms with Crippen LogP contribution >= 0.6 is 11.8 Å². The van der Waals surface area contributed by atoms with E-state index in [1.54, 1.807) is 16.4 Å². The lowest BCUT2D eigenvalue weighted by atomic mass is 10.2. The largest absolute Gasteiger partial charge is 0.444 e. The van der Waals surface area contributed by atoms with Crippen LogP contribution in [0.4, 0.5) is 4.79 Å². The van der Waals surface area contributed by atoms with Crippen LogP contribution in [0, 0.1) is 0 Å². The molecule has 0 spiro atoms. The van der Waals surface area contributed by atoms with Gasteiger partial charge in [-0.15, -0.1) is 16.9 Å². The summed E-state index contributed by atoms with van der Waals surface area (Å²) >= 11 is 1.57. The summed E-state index contributed by atoms with van der Waals surface area (Å²) in [5.74, 6) is 0.800. The van der Waals surface area contributed by atoms with E-state index >= 15 is 0 Å². The van der Waals surface area contributed by atoms with E-state index in [2.05, 4.69) is 20.8 Å². The van der Waals surface area contributed by atoms with Gasteiger partial charge in [-0.3, -0.25) is 0 Å². The fourth-order valence-corrected chi connectivity index (χ4v) is 2.80. The summed E-state index contributed by atoms with van der Waals surface area (Å²) in [4.78, 5) is 11.9. The molecule has 0 aliphatic rings. The van der Waals surface area contributed by atoms with Crippen molar-refractivity contribution in [1.82, 2.24) is 25.5 Å². The highest BCUT2D eigenvalue weighted by Crippen LogP contribution is 2.14. The highest BCUT2D eigenvalue weighted by molar-refractivity contribution is 7.99. The first-order valence-corrected chi connectivity index (χ1v) is 9.47. The minimum atomic E-state index is -0.507. The van der Waals surface area contributed by atoms with Crippen molar-refractivity contribution in [1.29, 1.82) is 0 Å². The van der Waals surface area contributed by atoms with E-state index in [0.717, 1.165) is 17.8 Å². The van der Waals surface area contributed by atoms with Crippen LogP contribution in [-0.2, 0) is 17.7 Å². The number of ether oxygens (including phenoxy) is 1. The molecule has 1 amide bonds. The molecule has 0 saturated carbocycles. The van der Waals surface area contributed by atoms with E-state index in [-0.39, 0.29) is 5.37 Å². The minimum Gasteiger partial charge on any atom is -0.444 e. The molecule has 0 radical (unpaired) electrons. The first-order chi connectivity index (χ1) is 11.9. The molecule has 8 heteroatoms. The Balaban J connectivity index is 1.89. The smallest absolute Gasteiger partial charge is 0.408 e. The molecular weight excluding hydrogens is 338 g/mol. The molecular formula is C17H25N5O2S. The molecule has 1 aromatic heterocycles. The van der Waals surface area contributed by atoms with Gasteiger partial charge in [-0.2, -0.15) is 0 Å². The zero-order valence-corrected chi connectivity index (χ0v) is 15.9. The van der Waals surface area contributed by atoms with Crippen molar-refractivity contribution in [3.05, 3.63) is 41.7 Å². The number of hydrogen-bond donors (Lipinski definition) is 1. The van der Waals surface area contributed by atoms with Gasteiger partial charge < -0.3 is 10.1 Å². The van der Waals surface area contributed by atoms with Crippen molar-refractivity contribution in [2.24, 2.45) is 0 Å². The third-order valence-corrected chi connectivity index (χ3v) is 4.30. The van der Waals surface area contributed by atoms with Gasteiger partial charge in [0.05, 0.1) is 11.9 Å². The Morgan fingerprint density at radius 2 is 2.04 bits per heavy atom. The van der Waals surface area contributed by atoms with Gasteiger partial charge in [-0.25, -0.2) is 9.48 Å². The molecule has 7 nitrogen and oxygen atoms in total. The predicted octanol–water partition coefficient (Wildman–Crippen LogP) is 2.87. The van der Waals surface area contributed by atoms with Gasteiger partial charge in [0.1, 0.15) is 5.60 Å². The molecule has 2 aromatic rings. The minimum absolute atomic E-state index is 0.0586. The first-order valence-electron chi connectivity index (χ1n) is 8.18. The van der Waals surface area contributed by atoms with Crippen molar-refractivity contribution in [2.75, 3.05) is 6.26 Å². The number of rotatable bonds is 7. The second-order valence-electron chi connectivity index (χ2n) is 6.65. The molecule has 0 bridgehead atoms. The van der Waals surface area contributed by atoms with Crippen molar-refractivity contribution >= 4 is 17.9 Å². The monoisotopic (exact) mass is 363 g/mol. The highest BCUT2D eigenvalue weighted by Gasteiger charge is 2.19. The number of benzene rings is 1. The standard InChI is InChI=1S/C17H25N5O2S/c1-17(2,3)24-16(23)18-15(25-4)11-10-14-19-20-21-22(14)12-13-8-6-5-7-9-13/h5-9,15H,10-12H2,1-4H3,(H,18,23). The third-order valence-electron chi connectivity index (χ3n) is 3.37. The molecule has 136 valence electrons. The Morgan fingerprint density at radius 3 is 2.68 bits per heavy atom. The van der Waals surface area contributed by atoms with E-state index in [0.29, 0.717) is 13.0 Å². The molecule has 1 N–H and O–H groups in total. The van der Waals surface area contributed by atoms with Crippen LogP contribution in [0.2, 0.25) is 0 Å². The van der Waals surface area contributed by atoms with Crippen molar-refractivity contribution in [2.45, 2.75) is 51.1 Å². The van der Waals surface area contributed by atoms with Gasteiger partial charge in [-0.1, -0.05) is 30.3 Å². The SMILES string of the molecule is CSC(CCc1nnnn1Cc1ccccc1)NC(=O)OC(C)(C)C. The maximum absolute atomic E-state index is 11.9. The van der Waals surface area contributed by atoms with Crippen LogP contribution < -0.4 is 5.32 Å². The van der Waals surface area contributed by atoms with Crippen LogP contribution in [0.3, 0.4) is 0 Å². The summed E-state index contributed by atoms with van der Waals surface area (Å²) in [6, 6.07) is 10.1. The fraction of sp³-hybridized carbons (Fsp3) is 0.529. The number of carbonyl (C=O) groups is 1. The number of amides is 1. The van der Waals surface area contributed by atoms with Crippen molar-refractivity contribution < 1.29 is 9.53 Å². The Morgan fingerprint density at radius 1 is 1.32 bits per heavy atom. The zero-order valence-electron chi connectivity index (χ0n) is 15.1. The average Bonchev–Trinajstić information content (AvgIpc) is 2.97. The van der Waals surface area contributed by atoms with E-state index in [1.165, 1.54) is 0 Å². The van der Waals surface area contributed by atoms with Gasteiger partial charge in [0.25, 0.3) is 0 Å². The van der Waals surface area contributed by atoms with Crippen LogP contribution in [-0.4, -0.2) is 43.5 Å². The number of nitrogens with one attached hydrogen (secondary N) is 1. The van der Waals surface area contributed by atoms with E-state index in [4.69, 9.17) is 4.74 Å². The Hall–Kier alpha value is -2.09. The number of tetrazole rings is 1. The normalized spacial score (nSPS) is 12.6. The fourth-order valence-electron chi connectivity index (χ4n) is 2.23. The molecule has 2 rings (SSSR count). The van der Waals surface area contributed by atoms with Gasteiger partial charge in [0, 0.05) is 6.42 Å². The predicted molar refractivity (Wildman–Crippen MR) is 98.4 cm³/mol. The van der Waals surface area contributed by atoms with E-state index < -0.39 is 11.7 Å². The average molecular weight is 363 g/mol. The summed E-state index contributed by atoms with van der Waals surface area (Å²) in [5, 5.41) is 14.8. The lowest BCUT2D eigenvalue weighted by Crippen LogP contribution is -2.37. The molecule has 0 saturated heterocycles. The molecule has 0 aliphatic carbocycles. The van der Waals surface area contributed by atoms with Crippen LogP contribution in [0.1, 0.15) is 38.6 Å². The number of aromatic nitrogens is 4. The lowest BCUT2D eigenvalue weighted by molar-refractivity contribution is 0.0520. The molecule has 0 fully saturated rings. The van der Waals surface area contributed by atoms with Crippen LogP contribution in [0.5, 0.6) is 0 Å². The van der Waals surface area contributed by atoms with Gasteiger partial charge in [0.2, 0.25) is 0 Å². The van der Waals surface area contributed by atoms with Gasteiger partial charge in [0.15, 0.2) is 5.82 Å². The number of nitrogens with zero attached hydrogens (tertiary/aromatic N) is 4. The maximum Gasteiger partial charge on any atom is 0.408 e. The number of alkyl carbamates (subject to hydrolysis) is 1. The third kappa shape index (κ3) is 6.74. The van der Waals surface area contributed by atoms with E-state index in [1.807, 2.05) is 57.4 Å². The second-order valence-corrected chi connectivity index (χ2v) is 7.69. The number of aryl methyl sites for hydroxylation is 1. The Bertz CT molecular complexity index is 669. The molecule has 1 aromatic carbocycles. The Labute approximate surface area is 152 Å². The summed E-state index contributed by atoms with van der Waals surface area (Å²) in [5.41, 5.74) is 0.636. The molecule has 25 heavy (non-hydrogen) atoms. The lowest BCUT2D eigenvalue weighted by Gasteiger charge is -2.22. The topological polar surface area (TPSA) is 81.9 Å². The number of carbonyl (C=O) groups excluding carboxylic acids is 1. The van der Waals surface area contributed by atoms with Crippen molar-refractivity contribution in [3.63, 3.8) is 0 Å². The second kappa shape index (κ2) is 8.84. The highest BCUT2D eigenvalue weighted by atomic mass is 32.2. The summed E-state index contributed by atoms with van der Waals surface area (Å²) in [7, 11) is 0. The zero-order chi connectivity index (χ0) is 18.3. The number of thioether (sulfide) groups is 1. The summed E-state index contributed by atoms with van der Waals surface area (Å²) < 4.78 is 7.09. The Kier molecular flexibility index (Phi) is 6.81. The molecule has 1 unspecified atom stereocenters. The van der Waals surface area contributed by atoms with Crippen molar-refractivity contribution in [3.8, 4) is 0 Å². The first kappa shape index (κ1) is 19.2.